The first-order valence-electron chi connectivity index (χ1n) is 6.90. The second kappa shape index (κ2) is 9.20. The normalized spacial score (nSPS) is 11.4. The molecule has 0 aliphatic rings. The van der Waals surface area contributed by atoms with Gasteiger partial charge in [0.05, 0.1) is 11.5 Å². The molecule has 0 bridgehead atoms. The van der Waals surface area contributed by atoms with E-state index in [-0.39, 0.29) is 30.8 Å². The Bertz CT molecular complexity index is 615. The van der Waals surface area contributed by atoms with Gasteiger partial charge in [-0.15, -0.1) is 0 Å². The number of ether oxygens (including phenoxy) is 1. The molecule has 0 radical (unpaired) electrons. The van der Waals surface area contributed by atoms with Gasteiger partial charge >= 0.3 is 5.97 Å². The molecular formula is C14H17N3O7. The number of benzene rings is 1. The van der Waals surface area contributed by atoms with E-state index in [0.29, 0.717) is 0 Å². The van der Waals surface area contributed by atoms with Crippen molar-refractivity contribution < 1.29 is 29.2 Å². The smallest absolute Gasteiger partial charge is 0.334 e. The van der Waals surface area contributed by atoms with Gasteiger partial charge in [0.1, 0.15) is 0 Å². The third-order valence-corrected chi connectivity index (χ3v) is 3.02. The highest BCUT2D eigenvalue weighted by Gasteiger charge is 2.17. The lowest BCUT2D eigenvalue weighted by atomic mass is 10.2. The lowest BCUT2D eigenvalue weighted by Gasteiger charge is -2.11. The highest BCUT2D eigenvalue weighted by Crippen LogP contribution is 2.11. The van der Waals surface area contributed by atoms with Gasteiger partial charge in [0.25, 0.3) is 11.6 Å². The summed E-state index contributed by atoms with van der Waals surface area (Å²) < 4.78 is 4.66. The maximum Gasteiger partial charge on any atom is 0.334 e. The Kier molecular flexibility index (Phi) is 7.30. The number of carbonyl (C=O) groups is 3. The van der Waals surface area contributed by atoms with Crippen LogP contribution in [0.5, 0.6) is 0 Å². The zero-order valence-electron chi connectivity index (χ0n) is 12.9. The number of amides is 2. The van der Waals surface area contributed by atoms with Crippen LogP contribution in [-0.4, -0.2) is 54.1 Å². The van der Waals surface area contributed by atoms with Gasteiger partial charge in [-0.2, -0.15) is 0 Å². The molecule has 0 fully saturated rings. The van der Waals surface area contributed by atoms with Crippen LogP contribution in [0.2, 0.25) is 0 Å². The number of rotatable bonds is 9. The van der Waals surface area contributed by atoms with E-state index in [4.69, 9.17) is 5.11 Å². The standard InChI is InChI=1S/C14H17N3O7/c1-24-11(14(20)21)8-16-12(18)6-7-15-13(19)9-2-4-10(5-3-9)17(22)23/h2-5,11H,6-8H2,1H3,(H,15,19)(H,16,18)(H,20,21). The number of aliphatic carboxylic acids is 1. The van der Waals surface area contributed by atoms with Crippen molar-refractivity contribution in [3.05, 3.63) is 39.9 Å². The van der Waals surface area contributed by atoms with Gasteiger partial charge in [0, 0.05) is 37.8 Å². The fraction of sp³-hybridized carbons (Fsp3) is 0.357. The summed E-state index contributed by atoms with van der Waals surface area (Å²) in [6.07, 6.45) is -1.18. The molecule has 10 nitrogen and oxygen atoms in total. The molecule has 0 aromatic heterocycles. The van der Waals surface area contributed by atoms with Crippen LogP contribution in [0.3, 0.4) is 0 Å². The molecule has 2 amide bonds. The molecule has 3 N–H and O–H groups in total. The summed E-state index contributed by atoms with van der Waals surface area (Å²) in [7, 11) is 1.22. The lowest BCUT2D eigenvalue weighted by Crippen LogP contribution is -2.39. The molecule has 1 unspecified atom stereocenters. The highest BCUT2D eigenvalue weighted by atomic mass is 16.6. The average Bonchev–Trinajstić information content (AvgIpc) is 2.55. The Labute approximate surface area is 136 Å². The first-order valence-corrected chi connectivity index (χ1v) is 6.90. The Morgan fingerprint density at radius 3 is 2.38 bits per heavy atom. The predicted molar refractivity (Wildman–Crippen MR) is 81.5 cm³/mol. The van der Waals surface area contributed by atoms with E-state index in [1.165, 1.54) is 31.4 Å². The zero-order chi connectivity index (χ0) is 18.1. The summed E-state index contributed by atoms with van der Waals surface area (Å²) in [4.78, 5) is 44.0. The predicted octanol–water partition coefficient (Wildman–Crippen LogP) is -0.0695. The molecule has 0 saturated heterocycles. The molecule has 24 heavy (non-hydrogen) atoms. The minimum absolute atomic E-state index is 0.0341. The van der Waals surface area contributed by atoms with Crippen molar-refractivity contribution in [2.24, 2.45) is 0 Å². The quantitative estimate of drug-likeness (QED) is 0.421. The van der Waals surface area contributed by atoms with Crippen LogP contribution in [0.4, 0.5) is 5.69 Å². The van der Waals surface area contributed by atoms with E-state index in [0.717, 1.165) is 0 Å². The van der Waals surface area contributed by atoms with Crippen LogP contribution in [0, 0.1) is 10.1 Å². The fourth-order valence-corrected chi connectivity index (χ4v) is 1.69. The zero-order valence-corrected chi connectivity index (χ0v) is 12.9. The van der Waals surface area contributed by atoms with E-state index in [1.54, 1.807) is 0 Å². The number of carboxylic acid groups (broad SMARTS) is 1. The van der Waals surface area contributed by atoms with Crippen LogP contribution in [0.15, 0.2) is 24.3 Å². The second-order valence-corrected chi connectivity index (χ2v) is 4.68. The Hall–Kier alpha value is -3.01. The van der Waals surface area contributed by atoms with Crippen molar-refractivity contribution in [1.29, 1.82) is 0 Å². The molecule has 1 rings (SSSR count). The topological polar surface area (TPSA) is 148 Å². The summed E-state index contributed by atoms with van der Waals surface area (Å²) in [5, 5.41) is 24.1. The van der Waals surface area contributed by atoms with E-state index < -0.39 is 28.8 Å². The lowest BCUT2D eigenvalue weighted by molar-refractivity contribution is -0.384. The number of methoxy groups -OCH3 is 1. The molecule has 1 aromatic carbocycles. The third kappa shape index (κ3) is 6.01. The number of non-ortho nitro benzene ring substituents is 1. The number of nitro benzene ring substituents is 1. The minimum atomic E-state index is -1.19. The largest absolute Gasteiger partial charge is 0.479 e. The van der Waals surface area contributed by atoms with Crippen LogP contribution < -0.4 is 10.6 Å². The van der Waals surface area contributed by atoms with Crippen molar-refractivity contribution in [1.82, 2.24) is 10.6 Å². The molecule has 0 aliphatic carbocycles. The summed E-state index contributed by atoms with van der Waals surface area (Å²) in [5.74, 6) is -2.11. The number of hydrogen-bond donors (Lipinski definition) is 3. The number of hydrogen-bond acceptors (Lipinski definition) is 6. The van der Waals surface area contributed by atoms with Crippen LogP contribution in [-0.2, 0) is 14.3 Å². The fourth-order valence-electron chi connectivity index (χ4n) is 1.69. The Morgan fingerprint density at radius 2 is 1.88 bits per heavy atom. The summed E-state index contributed by atoms with van der Waals surface area (Å²) >= 11 is 0. The van der Waals surface area contributed by atoms with Crippen LogP contribution >= 0.6 is 0 Å². The van der Waals surface area contributed by atoms with Gasteiger partial charge in [0.2, 0.25) is 5.91 Å². The van der Waals surface area contributed by atoms with Gasteiger partial charge in [-0.25, -0.2) is 4.79 Å². The Morgan fingerprint density at radius 1 is 1.25 bits per heavy atom. The Balaban J connectivity index is 2.35. The van der Waals surface area contributed by atoms with Gasteiger partial charge in [-0.1, -0.05) is 0 Å². The molecular weight excluding hydrogens is 322 g/mol. The van der Waals surface area contributed by atoms with Crippen molar-refractivity contribution in [2.75, 3.05) is 20.2 Å². The molecule has 1 aromatic rings. The monoisotopic (exact) mass is 339 g/mol. The van der Waals surface area contributed by atoms with Crippen molar-refractivity contribution in [3.8, 4) is 0 Å². The molecule has 0 aliphatic heterocycles. The first kappa shape index (κ1) is 19.0. The van der Waals surface area contributed by atoms with Gasteiger partial charge in [0.15, 0.2) is 6.10 Å². The third-order valence-electron chi connectivity index (χ3n) is 3.02. The first-order chi connectivity index (χ1) is 11.3. The summed E-state index contributed by atoms with van der Waals surface area (Å²) in [6, 6.07) is 5.03. The molecule has 10 heteroatoms. The highest BCUT2D eigenvalue weighted by molar-refractivity contribution is 5.94. The molecule has 0 saturated carbocycles. The van der Waals surface area contributed by atoms with Crippen molar-refractivity contribution in [2.45, 2.75) is 12.5 Å². The molecule has 0 heterocycles. The number of nitrogens with zero attached hydrogens (tertiary/aromatic N) is 1. The van der Waals surface area contributed by atoms with Crippen LogP contribution in [0.25, 0.3) is 0 Å². The maximum atomic E-state index is 11.8. The average molecular weight is 339 g/mol. The summed E-state index contributed by atoms with van der Waals surface area (Å²) in [5.41, 5.74) is 0.100. The molecule has 0 spiro atoms. The maximum absolute atomic E-state index is 11.8. The second-order valence-electron chi connectivity index (χ2n) is 4.68. The van der Waals surface area contributed by atoms with E-state index in [9.17, 15) is 24.5 Å². The number of carboxylic acids is 1. The van der Waals surface area contributed by atoms with E-state index in [1.807, 2.05) is 0 Å². The molecule has 130 valence electrons. The SMILES string of the molecule is COC(CNC(=O)CCNC(=O)c1ccc([N+](=O)[O-])cc1)C(=O)O. The molecule has 1 atom stereocenters. The van der Waals surface area contributed by atoms with Gasteiger partial charge < -0.3 is 20.5 Å². The van der Waals surface area contributed by atoms with E-state index >= 15 is 0 Å². The van der Waals surface area contributed by atoms with Crippen molar-refractivity contribution in [3.63, 3.8) is 0 Å². The number of nitro groups is 1. The summed E-state index contributed by atoms with van der Waals surface area (Å²) in [6.45, 7) is -0.145. The minimum Gasteiger partial charge on any atom is -0.479 e. The van der Waals surface area contributed by atoms with Gasteiger partial charge in [-0.05, 0) is 12.1 Å². The van der Waals surface area contributed by atoms with E-state index in [2.05, 4.69) is 15.4 Å². The number of nitrogens with one attached hydrogen (secondary N) is 2. The van der Waals surface area contributed by atoms with Crippen molar-refractivity contribution >= 4 is 23.5 Å². The number of carbonyl (C=O) groups excluding carboxylic acids is 2. The van der Waals surface area contributed by atoms with Gasteiger partial charge in [-0.3, -0.25) is 19.7 Å². The van der Waals surface area contributed by atoms with Crippen LogP contribution in [0.1, 0.15) is 16.8 Å².